The predicted octanol–water partition coefficient (Wildman–Crippen LogP) is 1.07. The van der Waals surface area contributed by atoms with Gasteiger partial charge in [0.05, 0.1) is 0 Å². The molecule has 1 aliphatic heterocycles. The highest BCUT2D eigenvalue weighted by molar-refractivity contribution is 6.61. The van der Waals surface area contributed by atoms with Crippen molar-refractivity contribution in [2.45, 2.75) is 6.42 Å². The van der Waals surface area contributed by atoms with E-state index in [1.165, 1.54) is 6.42 Å². The van der Waals surface area contributed by atoms with E-state index in [2.05, 4.69) is 9.64 Å². The first-order chi connectivity index (χ1) is 4.79. The second-order valence-electron chi connectivity index (χ2n) is 2.28. The molecule has 0 atom stereocenters. The molecule has 0 aromatic heterocycles. The van der Waals surface area contributed by atoms with Crippen molar-refractivity contribution in [2.24, 2.45) is 0 Å². The number of likely N-dealkylation sites (tertiary alicyclic amines) is 1. The van der Waals surface area contributed by atoms with Gasteiger partial charge in [0.15, 0.2) is 0 Å². The normalized spacial score (nSPS) is 18.1. The van der Waals surface area contributed by atoms with Gasteiger partial charge in [-0.3, -0.25) is 4.90 Å². The molecule has 0 spiro atoms. The lowest BCUT2D eigenvalue weighted by Crippen LogP contribution is -2.39. The number of hydrogen-bond acceptors (Lipinski definition) is 3. The maximum atomic E-state index is 10.1. The fraction of sp³-hybridized carbons (Fsp3) is 0.833. The van der Waals surface area contributed by atoms with Crippen molar-refractivity contribution in [3.63, 3.8) is 0 Å². The Morgan fingerprint density at radius 2 is 2.30 bits per heavy atom. The van der Waals surface area contributed by atoms with Crippen LogP contribution in [0.1, 0.15) is 6.42 Å². The minimum absolute atomic E-state index is 0.419. The van der Waals surface area contributed by atoms with Gasteiger partial charge in [0.2, 0.25) is 0 Å². The average Bonchev–Trinajstić information content (AvgIpc) is 1.75. The summed E-state index contributed by atoms with van der Waals surface area (Å²) in [5.41, 5.74) is -0.708. The summed E-state index contributed by atoms with van der Waals surface area (Å²) >= 11 is 4.94. The number of halogens is 1. The molecule has 1 fully saturated rings. The van der Waals surface area contributed by atoms with Gasteiger partial charge in [-0.15, -0.1) is 0 Å². The first-order valence-corrected chi connectivity index (χ1v) is 3.71. The van der Waals surface area contributed by atoms with Crippen LogP contribution in [0.3, 0.4) is 0 Å². The number of nitrogens with zero attached hydrogens (tertiary/aromatic N) is 1. The Hall–Kier alpha value is -0.280. The molecule has 0 aromatic carbocycles. The minimum Gasteiger partial charge on any atom is -0.452 e. The highest BCUT2D eigenvalue weighted by Crippen LogP contribution is 2.04. The zero-order valence-corrected chi connectivity index (χ0v) is 6.43. The third kappa shape index (κ3) is 2.54. The van der Waals surface area contributed by atoms with E-state index in [0.29, 0.717) is 6.61 Å². The highest BCUT2D eigenvalue weighted by atomic mass is 35.5. The van der Waals surface area contributed by atoms with E-state index in [1.807, 2.05) is 0 Å². The molecule has 0 bridgehead atoms. The molecule has 3 nitrogen and oxygen atoms in total. The summed E-state index contributed by atoms with van der Waals surface area (Å²) in [6, 6.07) is 0. The Bertz CT molecular complexity index is 125. The van der Waals surface area contributed by atoms with Gasteiger partial charge >= 0.3 is 5.43 Å². The van der Waals surface area contributed by atoms with E-state index < -0.39 is 5.43 Å². The number of carbonyl (C=O) groups excluding carboxylic acids is 1. The zero-order chi connectivity index (χ0) is 7.40. The molecule has 0 radical (unpaired) electrons. The van der Waals surface area contributed by atoms with Crippen molar-refractivity contribution in [3.05, 3.63) is 0 Å². The molecule has 0 saturated carbocycles. The molecular weight excluding hydrogens is 154 g/mol. The summed E-state index contributed by atoms with van der Waals surface area (Å²) < 4.78 is 4.53. The minimum atomic E-state index is -0.708. The smallest absolute Gasteiger partial charge is 0.403 e. The van der Waals surface area contributed by atoms with Crippen LogP contribution in [0.15, 0.2) is 0 Å². The molecule has 0 unspecified atom stereocenters. The highest BCUT2D eigenvalue weighted by Gasteiger charge is 2.12. The molecule has 0 aliphatic carbocycles. The van der Waals surface area contributed by atoms with Crippen LogP contribution in [-0.2, 0) is 4.74 Å². The van der Waals surface area contributed by atoms with Gasteiger partial charge in [-0.1, -0.05) is 0 Å². The molecule has 1 rings (SSSR count). The van der Waals surface area contributed by atoms with Crippen LogP contribution >= 0.6 is 11.6 Å². The lowest BCUT2D eigenvalue weighted by Gasteiger charge is -2.29. The molecule has 4 heteroatoms. The van der Waals surface area contributed by atoms with E-state index in [0.717, 1.165) is 19.6 Å². The Labute approximate surface area is 64.9 Å². The van der Waals surface area contributed by atoms with Gasteiger partial charge in [-0.2, -0.15) is 0 Å². The maximum Gasteiger partial charge on any atom is 0.403 e. The molecule has 58 valence electrons. The third-order valence-corrected chi connectivity index (χ3v) is 1.68. The Kier molecular flexibility index (Phi) is 2.96. The van der Waals surface area contributed by atoms with Crippen LogP contribution in [0, 0.1) is 0 Å². The lowest BCUT2D eigenvalue weighted by atomic mass is 10.2. The monoisotopic (exact) mass is 163 g/mol. The van der Waals surface area contributed by atoms with Crippen molar-refractivity contribution in [1.29, 1.82) is 0 Å². The molecule has 0 N–H and O–H groups in total. The van der Waals surface area contributed by atoms with E-state index in [1.54, 1.807) is 0 Å². The first kappa shape index (κ1) is 7.82. The number of ether oxygens (including phenoxy) is 1. The SMILES string of the molecule is O=C(Cl)OCCN1CCC1. The molecular formula is C6H10ClNO2. The molecule has 0 aromatic rings. The van der Waals surface area contributed by atoms with Crippen molar-refractivity contribution in [2.75, 3.05) is 26.2 Å². The third-order valence-electron chi connectivity index (χ3n) is 1.57. The molecule has 0 amide bonds. The fourth-order valence-electron chi connectivity index (χ4n) is 0.860. The first-order valence-electron chi connectivity index (χ1n) is 3.33. The standard InChI is InChI=1S/C6H10ClNO2/c7-6(9)10-5-4-8-2-1-3-8/h1-5H2. The summed E-state index contributed by atoms with van der Waals surface area (Å²) in [4.78, 5) is 12.3. The molecule has 10 heavy (non-hydrogen) atoms. The van der Waals surface area contributed by atoms with Crippen LogP contribution in [0.5, 0.6) is 0 Å². The Morgan fingerprint density at radius 1 is 1.60 bits per heavy atom. The van der Waals surface area contributed by atoms with Gasteiger partial charge in [0.1, 0.15) is 6.61 Å². The van der Waals surface area contributed by atoms with Crippen LogP contribution in [0.2, 0.25) is 0 Å². The quantitative estimate of drug-likeness (QED) is 0.583. The summed E-state index contributed by atoms with van der Waals surface area (Å²) in [6.07, 6.45) is 1.26. The van der Waals surface area contributed by atoms with E-state index >= 15 is 0 Å². The fourth-order valence-corrected chi connectivity index (χ4v) is 0.937. The van der Waals surface area contributed by atoms with Gasteiger partial charge in [-0.25, -0.2) is 4.79 Å². The van der Waals surface area contributed by atoms with Gasteiger partial charge in [0.25, 0.3) is 0 Å². The van der Waals surface area contributed by atoms with Crippen LogP contribution in [-0.4, -0.2) is 36.6 Å². The van der Waals surface area contributed by atoms with Crippen molar-refractivity contribution in [3.8, 4) is 0 Å². The van der Waals surface area contributed by atoms with E-state index in [-0.39, 0.29) is 0 Å². The van der Waals surface area contributed by atoms with Gasteiger partial charge in [0, 0.05) is 18.1 Å². The number of rotatable bonds is 3. The van der Waals surface area contributed by atoms with Crippen molar-refractivity contribution in [1.82, 2.24) is 4.90 Å². The summed E-state index contributed by atoms with van der Waals surface area (Å²) in [5, 5.41) is 0. The molecule has 1 saturated heterocycles. The van der Waals surface area contributed by atoms with Gasteiger partial charge < -0.3 is 4.74 Å². The summed E-state index contributed by atoms with van der Waals surface area (Å²) in [6.45, 7) is 3.49. The maximum absolute atomic E-state index is 10.1. The van der Waals surface area contributed by atoms with Gasteiger partial charge in [-0.05, 0) is 19.5 Å². The second kappa shape index (κ2) is 3.78. The number of hydrogen-bond donors (Lipinski definition) is 0. The van der Waals surface area contributed by atoms with E-state index in [4.69, 9.17) is 11.6 Å². The lowest BCUT2D eigenvalue weighted by molar-refractivity contribution is 0.120. The largest absolute Gasteiger partial charge is 0.452 e. The number of carbonyl (C=O) groups is 1. The van der Waals surface area contributed by atoms with Crippen molar-refractivity contribution >= 4 is 17.0 Å². The van der Waals surface area contributed by atoms with E-state index in [9.17, 15) is 4.79 Å². The second-order valence-corrected chi connectivity index (χ2v) is 2.59. The topological polar surface area (TPSA) is 29.5 Å². The average molecular weight is 164 g/mol. The van der Waals surface area contributed by atoms with Crippen LogP contribution in [0.4, 0.5) is 4.79 Å². The molecule has 1 aliphatic rings. The van der Waals surface area contributed by atoms with Crippen LogP contribution in [0.25, 0.3) is 0 Å². The van der Waals surface area contributed by atoms with Crippen molar-refractivity contribution < 1.29 is 9.53 Å². The molecule has 1 heterocycles. The Morgan fingerprint density at radius 3 is 2.70 bits per heavy atom. The Balaban J connectivity index is 1.89. The summed E-state index contributed by atoms with van der Waals surface area (Å²) in [5.74, 6) is 0. The summed E-state index contributed by atoms with van der Waals surface area (Å²) in [7, 11) is 0. The predicted molar refractivity (Wildman–Crippen MR) is 38.3 cm³/mol. The van der Waals surface area contributed by atoms with Crippen LogP contribution < -0.4 is 0 Å². The zero-order valence-electron chi connectivity index (χ0n) is 5.68.